The first kappa shape index (κ1) is 20.7. The Bertz CT molecular complexity index is 2150. The van der Waals surface area contributed by atoms with Gasteiger partial charge in [-0.1, -0.05) is 103 Å². The maximum absolute atomic E-state index is 8.66. The van der Waals surface area contributed by atoms with E-state index in [0.29, 0.717) is 11.0 Å². The summed E-state index contributed by atoms with van der Waals surface area (Å²) in [7, 11) is -0.696. The van der Waals surface area contributed by atoms with Crippen molar-refractivity contribution in [3.8, 4) is 33.4 Å². The lowest BCUT2D eigenvalue weighted by Crippen LogP contribution is -2.41. The first-order valence-electron chi connectivity index (χ1n) is 16.4. The fraction of sp³-hybridized carbons (Fsp3) is 0.158. The smallest absolute Gasteiger partial charge is 0.399 e. The Balaban J connectivity index is 1.35. The van der Waals surface area contributed by atoms with Crippen molar-refractivity contribution in [1.82, 2.24) is 0 Å². The highest BCUT2D eigenvalue weighted by atomic mass is 16.7. The van der Waals surface area contributed by atoms with E-state index in [1.54, 1.807) is 0 Å². The lowest BCUT2D eigenvalue weighted by molar-refractivity contribution is 0.00578. The van der Waals surface area contributed by atoms with E-state index in [2.05, 4.69) is 72.8 Å². The summed E-state index contributed by atoms with van der Waals surface area (Å²) in [5.74, 6) is 0. The minimum atomic E-state index is -0.696. The highest BCUT2D eigenvalue weighted by Gasteiger charge is 2.51. The summed E-state index contributed by atoms with van der Waals surface area (Å²) >= 11 is 0. The maximum atomic E-state index is 8.66. The lowest BCUT2D eigenvalue weighted by atomic mass is 9.76. The average molecular weight is 538 g/mol. The van der Waals surface area contributed by atoms with Gasteiger partial charge in [-0.2, -0.15) is 0 Å². The van der Waals surface area contributed by atoms with Gasteiger partial charge in [-0.15, -0.1) is 0 Å². The van der Waals surface area contributed by atoms with E-state index in [9.17, 15) is 0 Å². The fourth-order valence-electron chi connectivity index (χ4n) is 5.45. The monoisotopic (exact) mass is 537 g/mol. The second kappa shape index (κ2) is 9.73. The van der Waals surface area contributed by atoms with E-state index in [-0.39, 0.29) is 29.7 Å². The molecule has 1 aliphatic rings. The quantitative estimate of drug-likeness (QED) is 0.209. The minimum absolute atomic E-state index is 0.145. The third-order valence-electron chi connectivity index (χ3n) is 8.53. The van der Waals surface area contributed by atoms with Crippen LogP contribution in [0, 0.1) is 0 Å². The van der Waals surface area contributed by atoms with E-state index in [1.807, 2.05) is 52.0 Å². The summed E-state index contributed by atoms with van der Waals surface area (Å²) in [5, 5.41) is 4.57. The average Bonchev–Trinajstić information content (AvgIpc) is 3.28. The molecule has 0 aromatic heterocycles. The van der Waals surface area contributed by atoms with Gasteiger partial charge in [-0.05, 0) is 112 Å². The molecule has 41 heavy (non-hydrogen) atoms. The molecule has 7 rings (SSSR count). The van der Waals surface area contributed by atoms with Gasteiger partial charge in [0.05, 0.1) is 18.1 Å². The molecule has 0 amide bonds. The third-order valence-corrected chi connectivity index (χ3v) is 8.53. The van der Waals surface area contributed by atoms with Crippen LogP contribution in [0.2, 0.25) is 0 Å². The molecule has 0 radical (unpaired) electrons. The van der Waals surface area contributed by atoms with Gasteiger partial charge in [0, 0.05) is 0 Å². The van der Waals surface area contributed by atoms with E-state index in [4.69, 9.17) is 16.2 Å². The Kier molecular flexibility index (Phi) is 4.90. The molecule has 2 nitrogen and oxygen atoms in total. The molecule has 0 atom stereocenters. The standard InChI is InChI=1S/C38H33BO2/c1-37(2)38(3,4)41-39(40-37)36-24-34(26-10-6-5-7-11-26)23-35(25-36)33-19-18-31-21-30(16-17-32(31)22-33)29-15-14-27-12-8-9-13-28(27)20-29/h5-25H,1-4H3/i5D,6D,7D,10D,11D. The van der Waals surface area contributed by atoms with Crippen molar-refractivity contribution in [2.45, 2.75) is 38.9 Å². The summed E-state index contributed by atoms with van der Waals surface area (Å²) in [6.45, 7) is 7.96. The molecule has 6 aromatic carbocycles. The molecule has 1 aliphatic heterocycles. The zero-order valence-electron chi connectivity index (χ0n) is 28.6. The van der Waals surface area contributed by atoms with Crippen LogP contribution in [-0.2, 0) is 9.31 Å². The van der Waals surface area contributed by atoms with Crippen LogP contribution in [0.3, 0.4) is 0 Å². The molecule has 0 bridgehead atoms. The number of fused-ring (bicyclic) bond motifs is 2. The first-order chi connectivity index (χ1) is 21.8. The van der Waals surface area contributed by atoms with Gasteiger partial charge >= 0.3 is 7.12 Å². The van der Waals surface area contributed by atoms with Crippen molar-refractivity contribution < 1.29 is 16.2 Å². The highest BCUT2D eigenvalue weighted by molar-refractivity contribution is 6.62. The molecule has 3 heteroatoms. The van der Waals surface area contributed by atoms with E-state index in [1.165, 1.54) is 10.8 Å². The number of hydrogen-bond donors (Lipinski definition) is 0. The minimum Gasteiger partial charge on any atom is -0.399 e. The molecule has 1 saturated heterocycles. The molecular formula is C38H33BO2. The van der Waals surface area contributed by atoms with Crippen molar-refractivity contribution in [1.29, 1.82) is 0 Å². The molecule has 1 heterocycles. The van der Waals surface area contributed by atoms with Crippen LogP contribution in [0.25, 0.3) is 54.9 Å². The number of hydrogen-bond acceptors (Lipinski definition) is 2. The SMILES string of the molecule is [2H]c1c([2H])c([2H])c(-c2cc(B3OC(C)(C)C(C)(C)O3)cc(-c3ccc4cc(-c5ccc6ccccc6c5)ccc4c3)c2)c([2H])c1[2H]. The largest absolute Gasteiger partial charge is 0.494 e. The van der Waals surface area contributed by atoms with E-state index < -0.39 is 24.4 Å². The van der Waals surface area contributed by atoms with Gasteiger partial charge in [-0.25, -0.2) is 0 Å². The predicted molar refractivity (Wildman–Crippen MR) is 173 cm³/mol. The summed E-state index contributed by atoms with van der Waals surface area (Å²) in [5.41, 5.74) is 4.27. The Labute approximate surface area is 249 Å². The lowest BCUT2D eigenvalue weighted by Gasteiger charge is -2.32. The molecule has 0 unspecified atom stereocenters. The van der Waals surface area contributed by atoms with Crippen molar-refractivity contribution in [2.75, 3.05) is 0 Å². The van der Waals surface area contributed by atoms with Crippen molar-refractivity contribution in [3.63, 3.8) is 0 Å². The highest BCUT2D eigenvalue weighted by Crippen LogP contribution is 2.38. The van der Waals surface area contributed by atoms with Crippen LogP contribution >= 0.6 is 0 Å². The zero-order valence-corrected chi connectivity index (χ0v) is 23.6. The van der Waals surface area contributed by atoms with Crippen LogP contribution < -0.4 is 5.46 Å². The molecule has 0 N–H and O–H groups in total. The fourth-order valence-corrected chi connectivity index (χ4v) is 5.45. The second-order valence-corrected chi connectivity index (χ2v) is 11.8. The van der Waals surface area contributed by atoms with Crippen LogP contribution in [-0.4, -0.2) is 18.3 Å². The zero-order chi connectivity index (χ0) is 32.5. The third kappa shape index (κ3) is 4.76. The van der Waals surface area contributed by atoms with E-state index >= 15 is 0 Å². The predicted octanol–water partition coefficient (Wildman–Crippen LogP) is 9.29. The Morgan fingerprint density at radius 1 is 0.488 bits per heavy atom. The number of benzene rings is 6. The molecule has 6 aromatic rings. The maximum Gasteiger partial charge on any atom is 0.494 e. The van der Waals surface area contributed by atoms with E-state index in [0.717, 1.165) is 33.0 Å². The van der Waals surface area contributed by atoms with Crippen molar-refractivity contribution in [2.24, 2.45) is 0 Å². The van der Waals surface area contributed by atoms with Crippen LogP contribution in [0.4, 0.5) is 0 Å². The molecule has 0 saturated carbocycles. The number of rotatable bonds is 4. The van der Waals surface area contributed by atoms with Gasteiger partial charge in [0.15, 0.2) is 0 Å². The van der Waals surface area contributed by atoms with Crippen molar-refractivity contribution in [3.05, 3.63) is 127 Å². The van der Waals surface area contributed by atoms with Crippen LogP contribution in [0.1, 0.15) is 34.5 Å². The van der Waals surface area contributed by atoms with Crippen molar-refractivity contribution >= 4 is 34.1 Å². The molecule has 0 spiro atoms. The summed E-state index contributed by atoms with van der Waals surface area (Å²) < 4.78 is 54.8. The van der Waals surface area contributed by atoms with Gasteiger partial charge in [0.1, 0.15) is 0 Å². The Morgan fingerprint density at radius 3 is 1.54 bits per heavy atom. The summed E-state index contributed by atoms with van der Waals surface area (Å²) in [4.78, 5) is 0. The normalized spacial score (nSPS) is 17.7. The van der Waals surface area contributed by atoms with Crippen LogP contribution in [0.5, 0.6) is 0 Å². The molecule has 200 valence electrons. The Hall–Kier alpha value is -4.18. The summed E-state index contributed by atoms with van der Waals surface area (Å²) in [6.07, 6.45) is 0. The van der Waals surface area contributed by atoms with Gasteiger partial charge in [0.25, 0.3) is 0 Å². The van der Waals surface area contributed by atoms with Gasteiger partial charge in [-0.3, -0.25) is 0 Å². The van der Waals surface area contributed by atoms with Gasteiger partial charge < -0.3 is 9.31 Å². The van der Waals surface area contributed by atoms with Gasteiger partial charge in [0.2, 0.25) is 0 Å². The molecular weight excluding hydrogens is 499 g/mol. The summed E-state index contributed by atoms with van der Waals surface area (Å²) in [6, 6.07) is 31.6. The Morgan fingerprint density at radius 2 is 0.951 bits per heavy atom. The molecule has 1 fully saturated rings. The van der Waals surface area contributed by atoms with Crippen LogP contribution in [0.15, 0.2) is 127 Å². The second-order valence-electron chi connectivity index (χ2n) is 11.8. The first-order valence-corrected chi connectivity index (χ1v) is 13.9. The molecule has 0 aliphatic carbocycles. The topological polar surface area (TPSA) is 18.5 Å².